The van der Waals surface area contributed by atoms with Gasteiger partial charge in [-0.05, 0) is 48.9 Å². The molecule has 1 amide bonds. The molecule has 0 radical (unpaired) electrons. The zero-order valence-corrected chi connectivity index (χ0v) is 18.3. The third-order valence-corrected chi connectivity index (χ3v) is 7.88. The summed E-state index contributed by atoms with van der Waals surface area (Å²) in [6.07, 6.45) is 0.800. The average Bonchev–Trinajstić information content (AvgIpc) is 3.06. The minimum atomic E-state index is -3.66. The first-order valence-electron chi connectivity index (χ1n) is 9.57. The Morgan fingerprint density at radius 3 is 2.40 bits per heavy atom. The molecule has 1 spiro atoms. The van der Waals surface area contributed by atoms with Crippen LogP contribution in [0.4, 0.5) is 0 Å². The second-order valence-corrected chi connectivity index (χ2v) is 9.83. The lowest BCUT2D eigenvalue weighted by Gasteiger charge is -2.36. The number of carbonyl (C=O) groups is 1. The monoisotopic (exact) mass is 447 g/mol. The Kier molecular flexibility index (Phi) is 5.34. The molecule has 158 valence electrons. The first-order chi connectivity index (χ1) is 14.2. The highest BCUT2D eigenvalue weighted by molar-refractivity contribution is 7.89. The summed E-state index contributed by atoms with van der Waals surface area (Å²) in [5, 5.41) is 3.38. The van der Waals surface area contributed by atoms with Crippen LogP contribution in [0.15, 0.2) is 52.4 Å². The van der Waals surface area contributed by atoms with Crippen molar-refractivity contribution in [1.82, 2.24) is 9.62 Å². The lowest BCUT2D eigenvalue weighted by atomic mass is 10.00. The number of aryl methyl sites for hydroxylation is 1. The molecule has 0 saturated carbocycles. The minimum Gasteiger partial charge on any atom is -0.497 e. The molecule has 2 aromatic carbocycles. The lowest BCUT2D eigenvalue weighted by Crippen LogP contribution is -2.52. The number of halogens is 1. The summed E-state index contributed by atoms with van der Waals surface area (Å²) in [4.78, 5) is 17.4. The number of hydrogen-bond acceptors (Lipinski definition) is 5. The summed E-state index contributed by atoms with van der Waals surface area (Å²) in [6, 6.07) is 11.9. The normalized spacial score (nSPS) is 18.9. The van der Waals surface area contributed by atoms with Gasteiger partial charge in [-0.2, -0.15) is 4.31 Å². The van der Waals surface area contributed by atoms with E-state index in [2.05, 4.69) is 10.3 Å². The number of carbonyl (C=O) groups excluding carboxylic acids is 1. The molecule has 2 aliphatic heterocycles. The molecule has 0 aromatic heterocycles. The molecule has 4 rings (SSSR count). The van der Waals surface area contributed by atoms with Crippen molar-refractivity contribution in [3.63, 3.8) is 0 Å². The van der Waals surface area contributed by atoms with E-state index in [0.29, 0.717) is 34.9 Å². The van der Waals surface area contributed by atoms with Crippen LogP contribution in [0.1, 0.15) is 24.0 Å². The highest BCUT2D eigenvalue weighted by Gasteiger charge is 2.44. The molecule has 2 aliphatic rings. The Labute approximate surface area is 180 Å². The van der Waals surface area contributed by atoms with Crippen molar-refractivity contribution in [2.45, 2.75) is 30.3 Å². The number of rotatable bonds is 4. The molecule has 0 aliphatic carbocycles. The van der Waals surface area contributed by atoms with Gasteiger partial charge in [-0.1, -0.05) is 17.7 Å². The summed E-state index contributed by atoms with van der Waals surface area (Å²) in [5.74, 6) is 0.448. The zero-order valence-electron chi connectivity index (χ0n) is 16.7. The molecule has 0 atom stereocenters. The maximum Gasteiger partial charge on any atom is 0.272 e. The Balaban J connectivity index is 1.52. The number of methoxy groups -OCH3 is 1. The SMILES string of the molecule is COc1ccc(C2=NC3(CCN(S(=O)(=O)c4ccc(C)c(Cl)c4)CC3)NC2=O)cc1. The van der Waals surface area contributed by atoms with Crippen molar-refractivity contribution in [3.05, 3.63) is 58.6 Å². The molecule has 9 heteroatoms. The van der Waals surface area contributed by atoms with Crippen molar-refractivity contribution in [2.75, 3.05) is 20.2 Å². The molecule has 2 heterocycles. The Hall–Kier alpha value is -2.42. The number of aliphatic imine (C=N–C) groups is 1. The fraction of sp³-hybridized carbons (Fsp3) is 0.333. The van der Waals surface area contributed by atoms with E-state index in [1.165, 1.54) is 10.4 Å². The molecule has 7 nitrogen and oxygen atoms in total. The van der Waals surface area contributed by atoms with Gasteiger partial charge < -0.3 is 10.1 Å². The highest BCUT2D eigenvalue weighted by Crippen LogP contribution is 2.32. The van der Waals surface area contributed by atoms with Gasteiger partial charge in [0, 0.05) is 36.5 Å². The zero-order chi connectivity index (χ0) is 21.5. The van der Waals surface area contributed by atoms with E-state index in [9.17, 15) is 13.2 Å². The van der Waals surface area contributed by atoms with Gasteiger partial charge in [0.15, 0.2) is 0 Å². The Morgan fingerprint density at radius 1 is 1.13 bits per heavy atom. The summed E-state index contributed by atoms with van der Waals surface area (Å²) >= 11 is 6.11. The number of amides is 1. The predicted molar refractivity (Wildman–Crippen MR) is 115 cm³/mol. The molecule has 30 heavy (non-hydrogen) atoms. The van der Waals surface area contributed by atoms with Gasteiger partial charge in [-0.3, -0.25) is 9.79 Å². The summed E-state index contributed by atoms with van der Waals surface area (Å²) in [5.41, 5.74) is 1.11. The van der Waals surface area contributed by atoms with Crippen molar-refractivity contribution < 1.29 is 17.9 Å². The predicted octanol–water partition coefficient (Wildman–Crippen LogP) is 2.76. The number of ether oxygens (including phenoxy) is 1. The number of nitrogens with one attached hydrogen (secondary N) is 1. The van der Waals surface area contributed by atoms with E-state index in [4.69, 9.17) is 16.3 Å². The van der Waals surface area contributed by atoms with Gasteiger partial charge in [0.2, 0.25) is 10.0 Å². The number of nitrogens with zero attached hydrogens (tertiary/aromatic N) is 2. The number of sulfonamides is 1. The van der Waals surface area contributed by atoms with E-state index in [1.807, 2.05) is 6.92 Å². The molecule has 1 N–H and O–H groups in total. The lowest BCUT2D eigenvalue weighted by molar-refractivity contribution is -0.115. The standard InChI is InChI=1S/C21H22ClN3O4S/c1-14-3-8-17(13-18(14)22)30(27,28)25-11-9-21(10-12-25)23-19(20(26)24-21)15-4-6-16(29-2)7-5-15/h3-8,13H,9-12H2,1-2H3,(H,24,26). The molecule has 0 bridgehead atoms. The maximum absolute atomic E-state index is 13.0. The van der Waals surface area contributed by atoms with Gasteiger partial charge in [0.05, 0.1) is 12.0 Å². The van der Waals surface area contributed by atoms with E-state index < -0.39 is 15.7 Å². The van der Waals surface area contributed by atoms with E-state index >= 15 is 0 Å². The molecule has 2 aromatic rings. The summed E-state index contributed by atoms with van der Waals surface area (Å²) in [7, 11) is -2.08. The molecular weight excluding hydrogens is 426 g/mol. The van der Waals surface area contributed by atoms with E-state index in [1.54, 1.807) is 43.5 Å². The summed E-state index contributed by atoms with van der Waals surface area (Å²) in [6.45, 7) is 2.34. The van der Waals surface area contributed by atoms with Gasteiger partial charge in [-0.15, -0.1) is 0 Å². The van der Waals surface area contributed by atoms with Crippen LogP contribution >= 0.6 is 11.6 Å². The smallest absolute Gasteiger partial charge is 0.272 e. The van der Waals surface area contributed by atoms with E-state index in [0.717, 1.165) is 5.56 Å². The third-order valence-electron chi connectivity index (χ3n) is 5.58. The largest absolute Gasteiger partial charge is 0.497 e. The van der Waals surface area contributed by atoms with Gasteiger partial charge in [0.1, 0.15) is 17.1 Å². The van der Waals surface area contributed by atoms with E-state index in [-0.39, 0.29) is 23.9 Å². The number of hydrogen-bond donors (Lipinski definition) is 1. The fourth-order valence-corrected chi connectivity index (χ4v) is 5.44. The van der Waals surface area contributed by atoms with Crippen LogP contribution in [-0.4, -0.2) is 50.2 Å². The van der Waals surface area contributed by atoms with Gasteiger partial charge in [0.25, 0.3) is 5.91 Å². The van der Waals surface area contributed by atoms with Crippen molar-refractivity contribution in [3.8, 4) is 5.75 Å². The Morgan fingerprint density at radius 2 is 1.80 bits per heavy atom. The minimum absolute atomic E-state index is 0.173. The van der Waals surface area contributed by atoms with Crippen LogP contribution in [0.5, 0.6) is 5.75 Å². The molecule has 1 saturated heterocycles. The van der Waals surface area contributed by atoms with Crippen LogP contribution in [0, 0.1) is 6.92 Å². The molecular formula is C21H22ClN3O4S. The first-order valence-corrected chi connectivity index (χ1v) is 11.4. The van der Waals surface area contributed by atoms with Crippen LogP contribution in [0.3, 0.4) is 0 Å². The van der Waals surface area contributed by atoms with Crippen LogP contribution in [0.25, 0.3) is 0 Å². The number of piperidine rings is 1. The van der Waals surface area contributed by atoms with Gasteiger partial charge in [-0.25, -0.2) is 8.42 Å². The topological polar surface area (TPSA) is 88.1 Å². The maximum atomic E-state index is 13.0. The Bertz CT molecular complexity index is 1120. The molecule has 1 fully saturated rings. The van der Waals surface area contributed by atoms with Crippen LogP contribution in [-0.2, 0) is 14.8 Å². The fourth-order valence-electron chi connectivity index (χ4n) is 3.72. The van der Waals surface area contributed by atoms with Gasteiger partial charge >= 0.3 is 0 Å². The van der Waals surface area contributed by atoms with Crippen molar-refractivity contribution in [1.29, 1.82) is 0 Å². The molecule has 0 unspecified atom stereocenters. The van der Waals surface area contributed by atoms with Crippen molar-refractivity contribution in [2.24, 2.45) is 4.99 Å². The second-order valence-electron chi connectivity index (χ2n) is 7.49. The average molecular weight is 448 g/mol. The highest BCUT2D eigenvalue weighted by atomic mass is 35.5. The third kappa shape index (κ3) is 3.71. The van der Waals surface area contributed by atoms with Crippen LogP contribution < -0.4 is 10.1 Å². The van der Waals surface area contributed by atoms with Crippen LogP contribution in [0.2, 0.25) is 5.02 Å². The summed E-state index contributed by atoms with van der Waals surface area (Å²) < 4.78 is 32.6. The second kappa shape index (κ2) is 7.68. The first kappa shape index (κ1) is 20.8. The van der Waals surface area contributed by atoms with Crippen molar-refractivity contribution >= 4 is 33.2 Å². The quantitative estimate of drug-likeness (QED) is 0.780. The number of benzene rings is 2.